The summed E-state index contributed by atoms with van der Waals surface area (Å²) in [5.74, 6) is 0. The van der Waals surface area contributed by atoms with Crippen molar-refractivity contribution in [2.75, 3.05) is 0 Å². The standard InChI is InChI=1S/F3Ge.3FH.Sn/c1-4(2)3;;;;/h;3*1H;/q;;;;+3/p-3. The van der Waals surface area contributed by atoms with Crippen molar-refractivity contribution in [3.8, 4) is 0 Å². The summed E-state index contributed by atoms with van der Waals surface area (Å²) in [6.07, 6.45) is 0. The molecule has 8 heteroatoms. The Morgan fingerprint density at radius 1 is 0.875 bits per heavy atom. The molecule has 0 nitrogen and oxygen atoms in total. The first-order valence-corrected chi connectivity index (χ1v) is 6.75. The van der Waals surface area contributed by atoms with E-state index < -0.39 is 37.2 Å². The number of halogens is 6. The second-order valence-corrected chi connectivity index (χ2v) is 2.55. The van der Waals surface area contributed by atoms with Crippen molar-refractivity contribution in [3.05, 3.63) is 0 Å². The first-order chi connectivity index (χ1) is 3.46. The summed E-state index contributed by atoms with van der Waals surface area (Å²) >= 11 is -9.88. The average molecular weight is 305 g/mol. The number of hydrogen-bond donors (Lipinski definition) is 0. The Hall–Kier alpha value is 0.922. The second-order valence-electron chi connectivity index (χ2n) is 0.429. The third-order valence-electron chi connectivity index (χ3n) is 0. The molecule has 2 radical (unpaired) electrons. The second kappa shape index (κ2) is 7.92. The van der Waals surface area contributed by atoms with Gasteiger partial charge in [0, 0.05) is 0 Å². The van der Waals surface area contributed by atoms with Crippen LogP contribution in [0, 0.1) is 0 Å². The molecule has 0 amide bonds. The van der Waals surface area contributed by atoms with E-state index in [-0.39, 0.29) is 0 Å². The van der Waals surface area contributed by atoms with Gasteiger partial charge in [0.25, 0.3) is 0 Å². The van der Waals surface area contributed by atoms with E-state index in [1.165, 1.54) is 0 Å². The van der Waals surface area contributed by atoms with Crippen LogP contribution in [0.2, 0.25) is 0 Å². The molecule has 0 aromatic carbocycles. The average Bonchev–Trinajstić information content (AvgIpc) is 1.25. The summed E-state index contributed by atoms with van der Waals surface area (Å²) in [4.78, 5) is 0. The van der Waals surface area contributed by atoms with Gasteiger partial charge >= 0.3 is 56.3 Å². The molecule has 0 rings (SSSR count). The van der Waals surface area contributed by atoms with Gasteiger partial charge in [0.15, 0.2) is 0 Å². The summed E-state index contributed by atoms with van der Waals surface area (Å²) in [6.45, 7) is 0. The summed E-state index contributed by atoms with van der Waals surface area (Å²) in [7, 11) is 0. The van der Waals surface area contributed by atoms with Crippen LogP contribution in [-0.2, 0) is 0 Å². The van der Waals surface area contributed by atoms with E-state index in [0.717, 1.165) is 0 Å². The zero-order valence-corrected chi connectivity index (χ0v) is 8.22. The Morgan fingerprint density at radius 2 is 0.875 bits per heavy atom. The van der Waals surface area contributed by atoms with Gasteiger partial charge in [-0.25, -0.2) is 0 Å². The first kappa shape index (κ1) is 11.7. The molecule has 0 atom stereocenters. The van der Waals surface area contributed by atoms with Gasteiger partial charge in [-0.1, -0.05) is 0 Å². The molecule has 0 N–H and O–H groups in total. The molecule has 0 saturated heterocycles. The maximum atomic E-state index is 9.86. The third-order valence-corrected chi connectivity index (χ3v) is 0. The van der Waals surface area contributed by atoms with E-state index >= 15 is 0 Å². The van der Waals surface area contributed by atoms with Gasteiger partial charge in [-0.15, -0.1) is 0 Å². The van der Waals surface area contributed by atoms with Crippen molar-refractivity contribution in [3.63, 3.8) is 0 Å². The summed E-state index contributed by atoms with van der Waals surface area (Å²) in [5.41, 5.74) is 0. The molecule has 0 aliphatic carbocycles. The Labute approximate surface area is 56.5 Å². The topological polar surface area (TPSA) is 0 Å². The van der Waals surface area contributed by atoms with Crippen molar-refractivity contribution < 1.29 is 19.1 Å². The molecule has 0 fully saturated rings. The molecular formula is F6GeSn. The van der Waals surface area contributed by atoms with E-state index in [1.54, 1.807) is 0 Å². The monoisotopic (exact) mass is 308 g/mol. The van der Waals surface area contributed by atoms with Gasteiger partial charge in [-0.3, -0.25) is 0 Å². The van der Waals surface area contributed by atoms with Gasteiger partial charge in [-0.2, -0.15) is 0 Å². The van der Waals surface area contributed by atoms with Gasteiger partial charge in [0.2, 0.25) is 0 Å². The molecule has 0 aliphatic heterocycles. The third kappa shape index (κ3) is 286. The van der Waals surface area contributed by atoms with Gasteiger partial charge in [-0.05, 0) is 0 Å². The molecule has 0 heterocycles. The minimum absolute atomic E-state index is 4.83. The molecule has 0 bridgehead atoms. The Morgan fingerprint density at radius 3 is 0.875 bits per heavy atom. The Kier molecular flexibility index (Phi) is 11.6. The van der Waals surface area contributed by atoms with Crippen LogP contribution in [0.1, 0.15) is 0 Å². The molecule has 0 saturated carbocycles. The molecule has 8 heavy (non-hydrogen) atoms. The fraction of sp³-hybridized carbons (Fsp3) is 0. The molecule has 0 unspecified atom stereocenters. The zero-order chi connectivity index (χ0) is 7.15. The van der Waals surface area contributed by atoms with Crippen LogP contribution in [0.25, 0.3) is 0 Å². The van der Waals surface area contributed by atoms with E-state index in [0.29, 0.717) is 0 Å². The normalized spacial score (nSPS) is 9.00. The van der Waals surface area contributed by atoms with Gasteiger partial charge < -0.3 is 0 Å². The molecule has 0 aliphatic rings. The van der Waals surface area contributed by atoms with E-state index in [9.17, 15) is 19.1 Å². The summed E-state index contributed by atoms with van der Waals surface area (Å²) in [6, 6.07) is 0. The quantitative estimate of drug-likeness (QED) is 0.473. The van der Waals surface area contributed by atoms with Crippen molar-refractivity contribution in [2.24, 2.45) is 0 Å². The van der Waals surface area contributed by atoms with Crippen molar-refractivity contribution in [1.82, 2.24) is 0 Å². The van der Waals surface area contributed by atoms with Crippen LogP contribution in [0.3, 0.4) is 0 Å². The van der Waals surface area contributed by atoms with Crippen molar-refractivity contribution >= 4 is 37.2 Å². The van der Waals surface area contributed by atoms with Crippen molar-refractivity contribution in [2.45, 2.75) is 0 Å². The van der Waals surface area contributed by atoms with Crippen molar-refractivity contribution in [1.29, 1.82) is 0 Å². The molecule has 0 spiro atoms. The van der Waals surface area contributed by atoms with Crippen LogP contribution in [-0.4, -0.2) is 37.2 Å². The first-order valence-electron chi connectivity index (χ1n) is 1.13. The van der Waals surface area contributed by atoms with Crippen LogP contribution in [0.5, 0.6) is 0 Å². The van der Waals surface area contributed by atoms with Crippen LogP contribution in [0.4, 0.5) is 19.1 Å². The van der Waals surface area contributed by atoms with E-state index in [4.69, 9.17) is 0 Å². The fourth-order valence-electron chi connectivity index (χ4n) is 0. The maximum absolute atomic E-state index is 9.86. The predicted molar refractivity (Wildman–Crippen MR) is 18.2 cm³/mol. The fourth-order valence-corrected chi connectivity index (χ4v) is 0. The Balaban J connectivity index is 0. The van der Waals surface area contributed by atoms with Gasteiger partial charge in [0.1, 0.15) is 0 Å². The van der Waals surface area contributed by atoms with Crippen LogP contribution in [0.15, 0.2) is 0 Å². The Bertz CT molecular complexity index is 24.0. The van der Waals surface area contributed by atoms with Gasteiger partial charge in [0.05, 0.1) is 0 Å². The molecule has 0 aromatic rings. The van der Waals surface area contributed by atoms with Crippen LogP contribution >= 0.6 is 0 Å². The number of rotatable bonds is 0. The van der Waals surface area contributed by atoms with E-state index in [2.05, 4.69) is 0 Å². The minimum atomic E-state index is -5.04. The van der Waals surface area contributed by atoms with Crippen LogP contribution < -0.4 is 0 Å². The van der Waals surface area contributed by atoms with E-state index in [1.807, 2.05) is 0 Å². The SMILES string of the molecule is [F][Ge]([F])[F].[F][Sn]([F])[F]. The number of hydrogen-bond acceptors (Lipinski definition) is 0. The summed E-state index contributed by atoms with van der Waals surface area (Å²) in [5, 5.41) is 0. The zero-order valence-electron chi connectivity index (χ0n) is 3.27. The molecular weight excluding hydrogens is 305 g/mol. The molecule has 50 valence electrons. The molecule has 0 aromatic heterocycles. The summed E-state index contributed by atoms with van der Waals surface area (Å²) < 4.78 is 59.1. The predicted octanol–water partition coefficient (Wildman–Crippen LogP) is 1.76.